The lowest BCUT2D eigenvalue weighted by molar-refractivity contribution is 0.0870. The van der Waals surface area contributed by atoms with Gasteiger partial charge in [-0.25, -0.2) is 4.31 Å². The summed E-state index contributed by atoms with van der Waals surface area (Å²) in [5.41, 5.74) is 0.675. The predicted molar refractivity (Wildman–Crippen MR) is 73.0 cm³/mol. The number of hydrogen-bond acceptors (Lipinski definition) is 4. The van der Waals surface area contributed by atoms with E-state index in [1.165, 1.54) is 18.2 Å². The second-order valence-electron chi connectivity index (χ2n) is 4.09. The van der Waals surface area contributed by atoms with E-state index in [1.807, 2.05) is 6.07 Å². The van der Waals surface area contributed by atoms with Gasteiger partial charge in [0.15, 0.2) is 0 Å². The lowest BCUT2D eigenvalue weighted by atomic mass is 10.2. The van der Waals surface area contributed by atoms with Crippen molar-refractivity contribution in [1.82, 2.24) is 4.31 Å². The number of carbonyl (C=O) groups is 1. The largest absolute Gasteiger partial charge is 0.277 e. The molecule has 1 aliphatic rings. The number of nitriles is 1. The van der Waals surface area contributed by atoms with Gasteiger partial charge >= 0.3 is 0 Å². The standard InChI is InChI=1S/C12H11ClN2O3S/c1-8(5-6-14)7-15-12(16)11-9(13)3-2-4-10(11)19(15,17)18/h2-5,17-18H,7H2,1H3/b8-5+. The molecule has 0 unspecified atom stereocenters. The van der Waals surface area contributed by atoms with Crippen molar-refractivity contribution in [3.63, 3.8) is 0 Å². The molecule has 2 N–H and O–H groups in total. The zero-order chi connectivity index (χ0) is 14.2. The summed E-state index contributed by atoms with van der Waals surface area (Å²) in [5, 5.41) is 8.74. The van der Waals surface area contributed by atoms with Crippen LogP contribution in [0, 0.1) is 11.3 Å². The summed E-state index contributed by atoms with van der Waals surface area (Å²) < 4.78 is 21.3. The summed E-state index contributed by atoms with van der Waals surface area (Å²) in [4.78, 5) is 12.3. The van der Waals surface area contributed by atoms with Gasteiger partial charge in [-0.15, -0.1) is 0 Å². The maximum atomic E-state index is 12.2. The van der Waals surface area contributed by atoms with E-state index < -0.39 is 16.7 Å². The van der Waals surface area contributed by atoms with Gasteiger partial charge < -0.3 is 0 Å². The van der Waals surface area contributed by atoms with E-state index in [2.05, 4.69) is 0 Å². The second kappa shape index (κ2) is 4.87. The first-order chi connectivity index (χ1) is 8.89. The van der Waals surface area contributed by atoms with E-state index in [0.29, 0.717) is 5.57 Å². The van der Waals surface area contributed by atoms with Crippen molar-refractivity contribution >= 4 is 28.3 Å². The molecule has 0 bridgehead atoms. The monoisotopic (exact) mass is 298 g/mol. The molecule has 0 fully saturated rings. The third kappa shape index (κ3) is 2.22. The number of halogens is 1. The van der Waals surface area contributed by atoms with Crippen LogP contribution in [0.1, 0.15) is 17.3 Å². The van der Waals surface area contributed by atoms with Crippen molar-refractivity contribution in [1.29, 1.82) is 5.26 Å². The number of fused-ring (bicyclic) bond motifs is 1. The minimum absolute atomic E-state index is 0.0280. The third-order valence-corrected chi connectivity index (χ3v) is 4.88. The lowest BCUT2D eigenvalue weighted by Crippen LogP contribution is -2.29. The minimum atomic E-state index is -3.38. The van der Waals surface area contributed by atoms with Gasteiger partial charge in [0.05, 0.1) is 28.1 Å². The van der Waals surface area contributed by atoms with Crippen molar-refractivity contribution in [2.24, 2.45) is 0 Å². The molecule has 0 spiro atoms. The summed E-state index contributed by atoms with van der Waals surface area (Å²) in [6.07, 6.45) is 1.26. The Kier molecular flexibility index (Phi) is 3.56. The number of benzene rings is 1. The smallest absolute Gasteiger partial charge is 0.275 e. The zero-order valence-electron chi connectivity index (χ0n) is 10.00. The highest BCUT2D eigenvalue weighted by Gasteiger charge is 2.42. The normalized spacial score (nSPS) is 19.0. The molecule has 19 heavy (non-hydrogen) atoms. The van der Waals surface area contributed by atoms with Crippen LogP contribution in [-0.2, 0) is 0 Å². The molecule has 0 aliphatic carbocycles. The number of carbonyl (C=O) groups excluding carboxylic acids is 1. The average Bonchev–Trinajstić information content (AvgIpc) is 2.52. The van der Waals surface area contributed by atoms with Crippen LogP contribution in [0.5, 0.6) is 0 Å². The Hall–Kier alpha value is -1.52. The quantitative estimate of drug-likeness (QED) is 0.821. The van der Waals surface area contributed by atoms with Gasteiger partial charge in [0.25, 0.3) is 5.91 Å². The fraction of sp³-hybridized carbons (Fsp3) is 0.167. The molecule has 7 heteroatoms. The highest BCUT2D eigenvalue weighted by molar-refractivity contribution is 8.23. The van der Waals surface area contributed by atoms with Crippen LogP contribution < -0.4 is 0 Å². The second-order valence-corrected chi connectivity index (χ2v) is 6.42. The lowest BCUT2D eigenvalue weighted by Gasteiger charge is -2.36. The van der Waals surface area contributed by atoms with E-state index in [4.69, 9.17) is 16.9 Å². The van der Waals surface area contributed by atoms with E-state index in [1.54, 1.807) is 13.0 Å². The third-order valence-electron chi connectivity index (χ3n) is 2.72. The van der Waals surface area contributed by atoms with E-state index in [0.717, 1.165) is 4.31 Å². The molecule has 0 aromatic heterocycles. The van der Waals surface area contributed by atoms with Crippen LogP contribution in [0.15, 0.2) is 34.7 Å². The van der Waals surface area contributed by atoms with Crippen LogP contribution in [0.2, 0.25) is 5.02 Å². The fourth-order valence-electron chi connectivity index (χ4n) is 1.84. The van der Waals surface area contributed by atoms with Crippen LogP contribution in [0.4, 0.5) is 0 Å². The highest BCUT2D eigenvalue weighted by atomic mass is 35.5. The number of hydrogen-bond donors (Lipinski definition) is 2. The molecule has 1 aromatic rings. The summed E-state index contributed by atoms with van der Waals surface area (Å²) in [6, 6.07) is 6.39. The SMILES string of the molecule is C/C(=C\C#N)CN1C(=O)c2c(Cl)cccc2S1(O)O. The van der Waals surface area contributed by atoms with Gasteiger partial charge in [0, 0.05) is 6.08 Å². The number of allylic oxidation sites excluding steroid dienone is 1. The zero-order valence-corrected chi connectivity index (χ0v) is 11.6. The summed E-state index contributed by atoms with van der Waals surface area (Å²) in [6.45, 7) is 1.61. The Bertz CT molecular complexity index is 622. The molecule has 1 heterocycles. The van der Waals surface area contributed by atoms with Gasteiger partial charge in [-0.05, 0) is 24.6 Å². The van der Waals surface area contributed by atoms with Crippen molar-refractivity contribution in [2.45, 2.75) is 11.8 Å². The number of nitrogens with zero attached hydrogens (tertiary/aromatic N) is 2. The molecule has 1 aliphatic heterocycles. The summed E-state index contributed by atoms with van der Waals surface area (Å²) >= 11 is 5.93. The Morgan fingerprint density at radius 2 is 2.26 bits per heavy atom. The molecule has 0 saturated carbocycles. The van der Waals surface area contributed by atoms with Gasteiger partial charge in [0.2, 0.25) is 0 Å². The van der Waals surface area contributed by atoms with Crippen molar-refractivity contribution in [3.8, 4) is 6.07 Å². The first-order valence-electron chi connectivity index (χ1n) is 5.33. The van der Waals surface area contributed by atoms with Crippen molar-refractivity contribution in [2.75, 3.05) is 6.54 Å². The molecule has 5 nitrogen and oxygen atoms in total. The van der Waals surface area contributed by atoms with Gasteiger partial charge in [0.1, 0.15) is 0 Å². The molecule has 0 atom stereocenters. The first-order valence-corrected chi connectivity index (χ1v) is 7.21. The Morgan fingerprint density at radius 3 is 2.84 bits per heavy atom. The molecule has 2 rings (SSSR count). The van der Waals surface area contributed by atoms with Gasteiger partial charge in [-0.3, -0.25) is 13.9 Å². The molecule has 1 aromatic carbocycles. The van der Waals surface area contributed by atoms with Crippen LogP contribution in [-0.4, -0.2) is 25.9 Å². The number of amides is 1. The Morgan fingerprint density at radius 1 is 1.58 bits per heavy atom. The minimum Gasteiger partial charge on any atom is -0.277 e. The fourth-order valence-corrected chi connectivity index (χ4v) is 3.83. The summed E-state index contributed by atoms with van der Waals surface area (Å²) in [7, 11) is -3.38. The summed E-state index contributed by atoms with van der Waals surface area (Å²) in [5.74, 6) is -0.536. The van der Waals surface area contributed by atoms with Crippen LogP contribution >= 0.6 is 22.4 Å². The molecule has 100 valence electrons. The van der Waals surface area contributed by atoms with E-state index >= 15 is 0 Å². The van der Waals surface area contributed by atoms with Crippen molar-refractivity contribution < 1.29 is 13.9 Å². The topological polar surface area (TPSA) is 84.6 Å². The molecular weight excluding hydrogens is 288 g/mol. The molecular formula is C12H11ClN2O3S. The molecule has 0 radical (unpaired) electrons. The maximum Gasteiger partial charge on any atom is 0.275 e. The van der Waals surface area contributed by atoms with Crippen LogP contribution in [0.25, 0.3) is 0 Å². The maximum absolute atomic E-state index is 12.2. The van der Waals surface area contributed by atoms with Gasteiger partial charge in [-0.1, -0.05) is 28.4 Å². The number of rotatable bonds is 2. The van der Waals surface area contributed by atoms with Crippen LogP contribution in [0.3, 0.4) is 0 Å². The Labute approximate surface area is 117 Å². The first kappa shape index (κ1) is 13.9. The van der Waals surface area contributed by atoms with E-state index in [-0.39, 0.29) is 22.0 Å². The predicted octanol–water partition coefficient (Wildman–Crippen LogP) is 3.29. The molecule has 0 saturated heterocycles. The van der Waals surface area contributed by atoms with Crippen molar-refractivity contribution in [3.05, 3.63) is 40.4 Å². The Balaban J connectivity index is 2.47. The highest BCUT2D eigenvalue weighted by Crippen LogP contribution is 2.59. The van der Waals surface area contributed by atoms with Gasteiger partial charge in [-0.2, -0.15) is 5.26 Å². The molecule has 1 amide bonds. The van der Waals surface area contributed by atoms with E-state index in [9.17, 15) is 13.9 Å². The average molecular weight is 299 g/mol.